The third kappa shape index (κ3) is 4.79. The number of ether oxygens (including phenoxy) is 2. The molecule has 0 radical (unpaired) electrons. The van der Waals surface area contributed by atoms with Crippen LogP contribution in [0.1, 0.15) is 29.3 Å². The Balaban J connectivity index is 2.98. The Kier molecular flexibility index (Phi) is 6.75. The third-order valence-electron chi connectivity index (χ3n) is 3.07. The van der Waals surface area contributed by atoms with Gasteiger partial charge in [-0.3, -0.25) is 4.79 Å². The quantitative estimate of drug-likeness (QED) is 0.718. The first kappa shape index (κ1) is 17.0. The predicted octanol–water partition coefficient (Wildman–Crippen LogP) is 1.90. The van der Waals surface area contributed by atoms with Gasteiger partial charge in [0.1, 0.15) is 0 Å². The van der Waals surface area contributed by atoms with E-state index in [2.05, 4.69) is 11.9 Å². The molecule has 1 amide bonds. The van der Waals surface area contributed by atoms with Gasteiger partial charge in [-0.2, -0.15) is 0 Å². The summed E-state index contributed by atoms with van der Waals surface area (Å²) in [7, 11) is 3.13. The first-order valence-corrected chi connectivity index (χ1v) is 6.93. The van der Waals surface area contributed by atoms with E-state index >= 15 is 0 Å². The van der Waals surface area contributed by atoms with Gasteiger partial charge in [-0.25, -0.2) is 0 Å². The van der Waals surface area contributed by atoms with Crippen molar-refractivity contribution in [3.05, 3.63) is 35.9 Å². The molecule has 0 bridgehead atoms. The van der Waals surface area contributed by atoms with Gasteiger partial charge in [-0.15, -0.1) is 6.58 Å². The lowest BCUT2D eigenvalue weighted by atomic mass is 10.0. The highest BCUT2D eigenvalue weighted by atomic mass is 16.5. The van der Waals surface area contributed by atoms with Gasteiger partial charge in [0, 0.05) is 23.7 Å². The van der Waals surface area contributed by atoms with Crippen LogP contribution in [0.25, 0.3) is 0 Å². The minimum absolute atomic E-state index is 0.0621. The van der Waals surface area contributed by atoms with Crippen LogP contribution < -0.4 is 20.5 Å². The Hall–Kier alpha value is -2.01. The molecule has 0 saturated heterocycles. The van der Waals surface area contributed by atoms with E-state index in [0.717, 1.165) is 12.0 Å². The summed E-state index contributed by atoms with van der Waals surface area (Å²) in [5, 5.41) is 2.85. The van der Waals surface area contributed by atoms with Crippen LogP contribution in [0.2, 0.25) is 0 Å². The van der Waals surface area contributed by atoms with Crippen LogP contribution >= 0.6 is 0 Å². The maximum absolute atomic E-state index is 12.2. The Morgan fingerprint density at radius 2 is 2.14 bits per heavy atom. The first-order chi connectivity index (χ1) is 10.0. The lowest BCUT2D eigenvalue weighted by Crippen LogP contribution is -2.29. The normalized spacial score (nSPS) is 11.6. The maximum atomic E-state index is 12.2. The average Bonchev–Trinajstić information content (AvgIpc) is 2.46. The SMILES string of the molecule is C=CCc1cc(C(=O)NCCC(C)N)cc(OC)c1OC. The summed E-state index contributed by atoms with van der Waals surface area (Å²) in [4.78, 5) is 12.2. The molecule has 0 aliphatic carbocycles. The van der Waals surface area contributed by atoms with Gasteiger partial charge in [-0.05, 0) is 31.9 Å². The molecule has 1 atom stereocenters. The number of nitrogens with one attached hydrogen (secondary N) is 1. The molecule has 0 aromatic heterocycles. The molecule has 116 valence electrons. The zero-order chi connectivity index (χ0) is 15.8. The lowest BCUT2D eigenvalue weighted by Gasteiger charge is -2.14. The molecule has 1 aromatic carbocycles. The molecule has 5 heteroatoms. The van der Waals surface area contributed by atoms with E-state index in [-0.39, 0.29) is 11.9 Å². The van der Waals surface area contributed by atoms with Crippen molar-refractivity contribution in [1.29, 1.82) is 0 Å². The summed E-state index contributed by atoms with van der Waals surface area (Å²) in [6.45, 7) is 6.17. The monoisotopic (exact) mass is 292 g/mol. The number of hydrogen-bond acceptors (Lipinski definition) is 4. The van der Waals surface area contributed by atoms with E-state index < -0.39 is 0 Å². The fraction of sp³-hybridized carbons (Fsp3) is 0.438. The molecular weight excluding hydrogens is 268 g/mol. The van der Waals surface area contributed by atoms with E-state index in [1.165, 1.54) is 0 Å². The van der Waals surface area contributed by atoms with E-state index in [4.69, 9.17) is 15.2 Å². The van der Waals surface area contributed by atoms with Crippen molar-refractivity contribution in [2.75, 3.05) is 20.8 Å². The molecule has 1 aromatic rings. The van der Waals surface area contributed by atoms with Crippen molar-refractivity contribution in [3.8, 4) is 11.5 Å². The lowest BCUT2D eigenvalue weighted by molar-refractivity contribution is 0.0952. The van der Waals surface area contributed by atoms with E-state index in [9.17, 15) is 4.79 Å². The highest BCUT2D eigenvalue weighted by molar-refractivity contribution is 5.95. The molecule has 0 heterocycles. The second-order valence-electron chi connectivity index (χ2n) is 4.89. The van der Waals surface area contributed by atoms with Crippen LogP contribution in [0.3, 0.4) is 0 Å². The summed E-state index contributed by atoms with van der Waals surface area (Å²) < 4.78 is 10.6. The zero-order valence-electron chi connectivity index (χ0n) is 12.9. The molecule has 1 rings (SSSR count). The molecule has 0 aliphatic heterocycles. The standard InChI is InChI=1S/C16H24N2O3/c1-5-6-12-9-13(10-14(20-3)15(12)21-4)16(19)18-8-7-11(2)17/h5,9-11H,1,6-8,17H2,2-4H3,(H,18,19). The molecule has 1 unspecified atom stereocenters. The molecule has 0 aliphatic rings. The van der Waals surface area contributed by atoms with Crippen molar-refractivity contribution in [3.63, 3.8) is 0 Å². The Labute approximate surface area is 126 Å². The molecule has 5 nitrogen and oxygen atoms in total. The minimum atomic E-state index is -0.151. The number of allylic oxidation sites excluding steroid dienone is 1. The van der Waals surface area contributed by atoms with Crippen molar-refractivity contribution in [1.82, 2.24) is 5.32 Å². The van der Waals surface area contributed by atoms with Crippen molar-refractivity contribution in [2.24, 2.45) is 5.73 Å². The van der Waals surface area contributed by atoms with Gasteiger partial charge in [0.15, 0.2) is 11.5 Å². The molecule has 21 heavy (non-hydrogen) atoms. The molecular formula is C16H24N2O3. The van der Waals surface area contributed by atoms with Gasteiger partial charge in [-0.1, -0.05) is 6.08 Å². The van der Waals surface area contributed by atoms with E-state index in [1.54, 1.807) is 32.4 Å². The number of amides is 1. The summed E-state index contributed by atoms with van der Waals surface area (Å²) >= 11 is 0. The number of carbonyl (C=O) groups is 1. The second kappa shape index (κ2) is 8.32. The van der Waals surface area contributed by atoms with E-state index in [0.29, 0.717) is 30.0 Å². The molecule has 3 N–H and O–H groups in total. The molecule has 0 spiro atoms. The van der Waals surface area contributed by atoms with Gasteiger partial charge >= 0.3 is 0 Å². The molecule has 0 saturated carbocycles. The second-order valence-corrected chi connectivity index (χ2v) is 4.89. The fourth-order valence-corrected chi connectivity index (χ4v) is 2.00. The highest BCUT2D eigenvalue weighted by Gasteiger charge is 2.15. The van der Waals surface area contributed by atoms with Crippen LogP contribution in [0.15, 0.2) is 24.8 Å². The Morgan fingerprint density at radius 1 is 1.43 bits per heavy atom. The molecule has 0 fully saturated rings. The summed E-state index contributed by atoms with van der Waals surface area (Å²) in [6.07, 6.45) is 3.09. The Morgan fingerprint density at radius 3 is 2.67 bits per heavy atom. The van der Waals surface area contributed by atoms with Crippen LogP contribution in [-0.4, -0.2) is 32.7 Å². The van der Waals surface area contributed by atoms with Crippen LogP contribution in [0.5, 0.6) is 11.5 Å². The van der Waals surface area contributed by atoms with Crippen molar-refractivity contribution in [2.45, 2.75) is 25.8 Å². The topological polar surface area (TPSA) is 73.6 Å². The number of nitrogens with two attached hydrogens (primary N) is 1. The van der Waals surface area contributed by atoms with Crippen molar-refractivity contribution >= 4 is 5.91 Å². The smallest absolute Gasteiger partial charge is 0.251 e. The first-order valence-electron chi connectivity index (χ1n) is 6.93. The van der Waals surface area contributed by atoms with Crippen LogP contribution in [-0.2, 0) is 6.42 Å². The third-order valence-corrected chi connectivity index (χ3v) is 3.07. The zero-order valence-corrected chi connectivity index (χ0v) is 12.9. The number of carbonyl (C=O) groups excluding carboxylic acids is 1. The maximum Gasteiger partial charge on any atom is 0.251 e. The Bertz CT molecular complexity index is 499. The van der Waals surface area contributed by atoms with E-state index in [1.807, 2.05) is 6.92 Å². The summed E-state index contributed by atoms with van der Waals surface area (Å²) in [5.41, 5.74) is 7.07. The predicted molar refractivity (Wildman–Crippen MR) is 84.0 cm³/mol. The summed E-state index contributed by atoms with van der Waals surface area (Å²) in [5.74, 6) is 1.01. The van der Waals surface area contributed by atoms with Crippen molar-refractivity contribution < 1.29 is 14.3 Å². The number of methoxy groups -OCH3 is 2. The van der Waals surface area contributed by atoms with Crippen LogP contribution in [0.4, 0.5) is 0 Å². The van der Waals surface area contributed by atoms with Gasteiger partial charge in [0.2, 0.25) is 0 Å². The number of rotatable bonds is 8. The van der Waals surface area contributed by atoms with Gasteiger partial charge in [0.05, 0.1) is 14.2 Å². The fourth-order valence-electron chi connectivity index (χ4n) is 2.00. The summed E-state index contributed by atoms with van der Waals surface area (Å²) in [6, 6.07) is 3.53. The van der Waals surface area contributed by atoms with Gasteiger partial charge in [0.25, 0.3) is 5.91 Å². The number of benzene rings is 1. The number of hydrogen-bond donors (Lipinski definition) is 2. The minimum Gasteiger partial charge on any atom is -0.493 e. The van der Waals surface area contributed by atoms with Gasteiger partial charge < -0.3 is 20.5 Å². The average molecular weight is 292 g/mol. The van der Waals surface area contributed by atoms with Crippen LogP contribution in [0, 0.1) is 0 Å². The largest absolute Gasteiger partial charge is 0.493 e. The highest BCUT2D eigenvalue weighted by Crippen LogP contribution is 2.33.